The first-order valence-electron chi connectivity index (χ1n) is 5.11. The minimum atomic E-state index is 0.345. The molecule has 1 aliphatic heterocycles. The number of nitrogens with zero attached hydrogens (tertiary/aromatic N) is 1. The fraction of sp³-hybridized carbons (Fsp3) is 0.364. The number of hydrogen-bond acceptors (Lipinski definition) is 3. The summed E-state index contributed by atoms with van der Waals surface area (Å²) in [5.74, 6) is 0.970. The fourth-order valence-electron chi connectivity index (χ4n) is 2.02. The van der Waals surface area contributed by atoms with Crippen molar-refractivity contribution in [2.45, 2.75) is 18.9 Å². The molecule has 0 aromatic carbocycles. The van der Waals surface area contributed by atoms with Crippen molar-refractivity contribution in [3.63, 3.8) is 0 Å². The average molecular weight is 223 g/mol. The standard InChI is InChI=1S/C11H11ClN2O/c12-8-4-7-5-10(9-2-1-3-13-9)15-11(7)14-6-8/h4-6,9,13H,1-3H2. The molecule has 2 aromatic heterocycles. The van der Waals surface area contributed by atoms with Gasteiger partial charge in [0, 0.05) is 11.6 Å². The highest BCUT2D eigenvalue weighted by Gasteiger charge is 2.20. The van der Waals surface area contributed by atoms with Crippen LogP contribution < -0.4 is 5.32 Å². The number of fused-ring (bicyclic) bond motifs is 1. The number of aromatic nitrogens is 1. The van der Waals surface area contributed by atoms with E-state index in [-0.39, 0.29) is 0 Å². The third-order valence-corrected chi connectivity index (χ3v) is 2.97. The molecule has 3 rings (SSSR count). The van der Waals surface area contributed by atoms with Gasteiger partial charge in [0.15, 0.2) is 0 Å². The Balaban J connectivity index is 2.05. The minimum absolute atomic E-state index is 0.345. The zero-order chi connectivity index (χ0) is 10.3. The maximum Gasteiger partial charge on any atom is 0.226 e. The van der Waals surface area contributed by atoms with Gasteiger partial charge in [0.05, 0.1) is 11.1 Å². The Morgan fingerprint density at radius 2 is 2.40 bits per heavy atom. The molecule has 1 saturated heterocycles. The van der Waals surface area contributed by atoms with Crippen molar-refractivity contribution in [1.29, 1.82) is 0 Å². The smallest absolute Gasteiger partial charge is 0.226 e. The van der Waals surface area contributed by atoms with Gasteiger partial charge in [0.1, 0.15) is 5.76 Å². The number of rotatable bonds is 1. The van der Waals surface area contributed by atoms with Crippen LogP contribution in [0, 0.1) is 0 Å². The van der Waals surface area contributed by atoms with Crippen LogP contribution in [0.1, 0.15) is 24.6 Å². The van der Waals surface area contributed by atoms with E-state index in [9.17, 15) is 0 Å². The van der Waals surface area contributed by atoms with Crippen molar-refractivity contribution in [2.24, 2.45) is 0 Å². The van der Waals surface area contributed by atoms with Crippen molar-refractivity contribution in [3.8, 4) is 0 Å². The molecule has 1 fully saturated rings. The van der Waals surface area contributed by atoms with E-state index in [0.717, 1.165) is 24.1 Å². The maximum atomic E-state index is 5.87. The second kappa shape index (κ2) is 3.51. The number of hydrogen-bond donors (Lipinski definition) is 1. The Morgan fingerprint density at radius 3 is 3.20 bits per heavy atom. The zero-order valence-corrected chi connectivity index (χ0v) is 8.92. The van der Waals surface area contributed by atoms with Crippen molar-refractivity contribution < 1.29 is 4.42 Å². The molecule has 0 aliphatic carbocycles. The monoisotopic (exact) mass is 222 g/mol. The molecular formula is C11H11ClN2O. The molecule has 4 heteroatoms. The van der Waals surface area contributed by atoms with Crippen LogP contribution in [-0.4, -0.2) is 11.5 Å². The van der Waals surface area contributed by atoms with Crippen molar-refractivity contribution in [2.75, 3.05) is 6.54 Å². The quantitative estimate of drug-likeness (QED) is 0.806. The Labute approximate surface area is 92.4 Å². The van der Waals surface area contributed by atoms with Crippen LogP contribution in [0.15, 0.2) is 22.7 Å². The summed E-state index contributed by atoms with van der Waals surface area (Å²) in [4.78, 5) is 4.15. The summed E-state index contributed by atoms with van der Waals surface area (Å²) in [7, 11) is 0. The van der Waals surface area contributed by atoms with Gasteiger partial charge in [-0.1, -0.05) is 11.6 Å². The normalized spacial score (nSPS) is 21.3. The van der Waals surface area contributed by atoms with E-state index in [1.807, 2.05) is 12.1 Å². The first-order chi connectivity index (χ1) is 7.33. The van der Waals surface area contributed by atoms with Gasteiger partial charge in [-0.2, -0.15) is 0 Å². The summed E-state index contributed by atoms with van der Waals surface area (Å²) in [6, 6.07) is 4.25. The van der Waals surface area contributed by atoms with E-state index in [1.165, 1.54) is 6.42 Å². The summed E-state index contributed by atoms with van der Waals surface area (Å²) < 4.78 is 5.67. The Kier molecular flexibility index (Phi) is 2.15. The molecule has 0 radical (unpaired) electrons. The molecule has 1 unspecified atom stereocenters. The van der Waals surface area contributed by atoms with Crippen LogP contribution in [-0.2, 0) is 0 Å². The van der Waals surface area contributed by atoms with Gasteiger partial charge in [-0.15, -0.1) is 0 Å². The first kappa shape index (κ1) is 9.19. The van der Waals surface area contributed by atoms with Gasteiger partial charge >= 0.3 is 0 Å². The number of pyridine rings is 1. The summed E-state index contributed by atoms with van der Waals surface area (Å²) >= 11 is 5.87. The Hall–Kier alpha value is -1.06. The third-order valence-electron chi connectivity index (χ3n) is 2.76. The molecule has 0 spiro atoms. The highest BCUT2D eigenvalue weighted by atomic mass is 35.5. The third kappa shape index (κ3) is 1.62. The van der Waals surface area contributed by atoms with Crippen LogP contribution in [0.25, 0.3) is 11.1 Å². The van der Waals surface area contributed by atoms with Gasteiger partial charge in [-0.05, 0) is 31.5 Å². The average Bonchev–Trinajstić information content (AvgIpc) is 2.84. The van der Waals surface area contributed by atoms with Crippen LogP contribution in [0.4, 0.5) is 0 Å². The highest BCUT2D eigenvalue weighted by Crippen LogP contribution is 2.28. The van der Waals surface area contributed by atoms with E-state index >= 15 is 0 Å². The lowest BCUT2D eigenvalue weighted by molar-refractivity contribution is 0.465. The molecule has 1 N–H and O–H groups in total. The van der Waals surface area contributed by atoms with E-state index in [2.05, 4.69) is 10.3 Å². The zero-order valence-electron chi connectivity index (χ0n) is 8.16. The molecule has 15 heavy (non-hydrogen) atoms. The van der Waals surface area contributed by atoms with Gasteiger partial charge in [0.25, 0.3) is 0 Å². The first-order valence-corrected chi connectivity index (χ1v) is 5.49. The molecule has 2 aromatic rings. The summed E-state index contributed by atoms with van der Waals surface area (Å²) in [5, 5.41) is 5.02. The van der Waals surface area contributed by atoms with Crippen molar-refractivity contribution in [1.82, 2.24) is 10.3 Å². The van der Waals surface area contributed by atoms with Gasteiger partial charge < -0.3 is 9.73 Å². The second-order valence-electron chi connectivity index (χ2n) is 3.85. The van der Waals surface area contributed by atoms with Crippen LogP contribution in [0.5, 0.6) is 0 Å². The number of furan rings is 1. The van der Waals surface area contributed by atoms with E-state index < -0.39 is 0 Å². The van der Waals surface area contributed by atoms with E-state index in [0.29, 0.717) is 16.8 Å². The highest BCUT2D eigenvalue weighted by molar-refractivity contribution is 6.31. The lowest BCUT2D eigenvalue weighted by Crippen LogP contribution is -2.11. The van der Waals surface area contributed by atoms with Gasteiger partial charge in [0.2, 0.25) is 5.71 Å². The predicted octanol–water partition coefficient (Wildman–Crippen LogP) is 2.91. The second-order valence-corrected chi connectivity index (χ2v) is 4.28. The van der Waals surface area contributed by atoms with Crippen LogP contribution >= 0.6 is 11.6 Å². The van der Waals surface area contributed by atoms with Crippen molar-refractivity contribution in [3.05, 3.63) is 29.1 Å². The Bertz CT molecular complexity index is 488. The molecule has 3 heterocycles. The summed E-state index contributed by atoms with van der Waals surface area (Å²) in [6.45, 7) is 1.07. The number of halogens is 1. The fourth-order valence-corrected chi connectivity index (χ4v) is 2.19. The van der Waals surface area contributed by atoms with Gasteiger partial charge in [-0.3, -0.25) is 0 Å². The Morgan fingerprint density at radius 1 is 1.47 bits per heavy atom. The molecule has 3 nitrogen and oxygen atoms in total. The van der Waals surface area contributed by atoms with Crippen LogP contribution in [0.3, 0.4) is 0 Å². The van der Waals surface area contributed by atoms with Gasteiger partial charge in [-0.25, -0.2) is 4.98 Å². The molecule has 78 valence electrons. The van der Waals surface area contributed by atoms with E-state index in [1.54, 1.807) is 6.20 Å². The minimum Gasteiger partial charge on any atom is -0.441 e. The summed E-state index contributed by atoms with van der Waals surface area (Å²) in [6.07, 6.45) is 3.95. The molecular weight excluding hydrogens is 212 g/mol. The topological polar surface area (TPSA) is 38.1 Å². The molecule has 0 saturated carbocycles. The van der Waals surface area contributed by atoms with Crippen molar-refractivity contribution >= 4 is 22.7 Å². The number of nitrogens with one attached hydrogen (secondary N) is 1. The SMILES string of the molecule is Clc1cnc2oc(C3CCCN3)cc2c1. The molecule has 1 atom stereocenters. The lowest BCUT2D eigenvalue weighted by Gasteiger charge is -2.03. The largest absolute Gasteiger partial charge is 0.441 e. The lowest BCUT2D eigenvalue weighted by atomic mass is 10.2. The maximum absolute atomic E-state index is 5.87. The molecule has 0 bridgehead atoms. The predicted molar refractivity (Wildman–Crippen MR) is 59.0 cm³/mol. The van der Waals surface area contributed by atoms with E-state index in [4.69, 9.17) is 16.0 Å². The molecule has 1 aliphatic rings. The van der Waals surface area contributed by atoms with Crippen LogP contribution in [0.2, 0.25) is 5.02 Å². The molecule has 0 amide bonds. The summed E-state index contributed by atoms with van der Waals surface area (Å²) in [5.41, 5.74) is 0.670.